The van der Waals surface area contributed by atoms with Gasteiger partial charge in [0.1, 0.15) is 18.5 Å². The van der Waals surface area contributed by atoms with Gasteiger partial charge in [-0.2, -0.15) is 0 Å². The fraction of sp³-hybridized carbons (Fsp3) is 0.478. The van der Waals surface area contributed by atoms with Crippen molar-refractivity contribution in [2.45, 2.75) is 25.1 Å². The number of methoxy groups -OCH3 is 3. The van der Waals surface area contributed by atoms with Crippen LogP contribution in [0.2, 0.25) is 5.02 Å². The van der Waals surface area contributed by atoms with Crippen LogP contribution in [0.3, 0.4) is 0 Å². The highest BCUT2D eigenvalue weighted by molar-refractivity contribution is 7.91. The van der Waals surface area contributed by atoms with Gasteiger partial charge in [0.15, 0.2) is 21.3 Å². The molecule has 0 aromatic heterocycles. The summed E-state index contributed by atoms with van der Waals surface area (Å²) in [6, 6.07) is 10.3. The first-order valence-electron chi connectivity index (χ1n) is 10.5. The number of rotatable bonds is 11. The number of sulfone groups is 1. The van der Waals surface area contributed by atoms with E-state index in [9.17, 15) is 13.5 Å². The summed E-state index contributed by atoms with van der Waals surface area (Å²) in [6.45, 7) is 0.701. The summed E-state index contributed by atoms with van der Waals surface area (Å²) in [6.07, 6.45) is -0.316. The Bertz CT molecular complexity index is 1000. The molecule has 2 aromatic rings. The molecule has 1 N–H and O–H groups in total. The van der Waals surface area contributed by atoms with Crippen molar-refractivity contribution in [3.8, 4) is 23.0 Å². The molecule has 0 bridgehead atoms. The Kier molecular flexibility index (Phi) is 8.69. The van der Waals surface area contributed by atoms with E-state index in [4.69, 9.17) is 30.5 Å². The van der Waals surface area contributed by atoms with Gasteiger partial charge in [0.05, 0.1) is 32.8 Å². The average molecular weight is 500 g/mol. The summed E-state index contributed by atoms with van der Waals surface area (Å²) in [5, 5.41) is 11.3. The van der Waals surface area contributed by atoms with Gasteiger partial charge in [-0.05, 0) is 48.4 Å². The van der Waals surface area contributed by atoms with Gasteiger partial charge in [-0.1, -0.05) is 11.6 Å². The lowest BCUT2D eigenvalue weighted by atomic mass is 10.1. The second kappa shape index (κ2) is 11.3. The van der Waals surface area contributed by atoms with Crippen molar-refractivity contribution in [1.82, 2.24) is 4.90 Å². The second-order valence-corrected chi connectivity index (χ2v) is 10.6. The quantitative estimate of drug-likeness (QED) is 0.504. The molecule has 1 fully saturated rings. The first-order valence-corrected chi connectivity index (χ1v) is 12.7. The largest absolute Gasteiger partial charge is 0.493 e. The Morgan fingerprint density at radius 1 is 1.09 bits per heavy atom. The number of aliphatic hydroxyl groups is 1. The van der Waals surface area contributed by atoms with Gasteiger partial charge in [0, 0.05) is 24.2 Å². The molecule has 2 aromatic carbocycles. The van der Waals surface area contributed by atoms with E-state index < -0.39 is 15.9 Å². The second-order valence-electron chi connectivity index (χ2n) is 7.94. The van der Waals surface area contributed by atoms with E-state index >= 15 is 0 Å². The number of ether oxygens (including phenoxy) is 4. The van der Waals surface area contributed by atoms with Crippen LogP contribution in [0.5, 0.6) is 23.0 Å². The highest BCUT2D eigenvalue weighted by Crippen LogP contribution is 2.38. The molecule has 0 spiro atoms. The molecule has 1 heterocycles. The van der Waals surface area contributed by atoms with Crippen molar-refractivity contribution in [2.24, 2.45) is 0 Å². The van der Waals surface area contributed by atoms with Crippen LogP contribution < -0.4 is 18.9 Å². The molecule has 8 nitrogen and oxygen atoms in total. The molecule has 0 saturated carbocycles. The minimum Gasteiger partial charge on any atom is -0.493 e. The molecule has 182 valence electrons. The molecule has 0 aliphatic carbocycles. The topological polar surface area (TPSA) is 94.5 Å². The van der Waals surface area contributed by atoms with E-state index in [0.717, 1.165) is 5.56 Å². The van der Waals surface area contributed by atoms with Gasteiger partial charge >= 0.3 is 0 Å². The molecule has 0 radical (unpaired) electrons. The fourth-order valence-electron chi connectivity index (χ4n) is 3.91. The number of hydrogen-bond donors (Lipinski definition) is 1. The average Bonchev–Trinajstić information content (AvgIpc) is 3.17. The van der Waals surface area contributed by atoms with E-state index in [1.807, 2.05) is 17.0 Å². The maximum Gasteiger partial charge on any atom is 0.203 e. The van der Waals surface area contributed by atoms with E-state index in [0.29, 0.717) is 41.0 Å². The predicted octanol–water partition coefficient (Wildman–Crippen LogP) is 2.79. The number of halogens is 1. The summed E-state index contributed by atoms with van der Waals surface area (Å²) >= 11 is 5.89. The van der Waals surface area contributed by atoms with Crippen LogP contribution in [0.4, 0.5) is 0 Å². The minimum absolute atomic E-state index is 0.0577. The Morgan fingerprint density at radius 2 is 1.73 bits per heavy atom. The van der Waals surface area contributed by atoms with Crippen molar-refractivity contribution < 1.29 is 32.5 Å². The summed E-state index contributed by atoms with van der Waals surface area (Å²) in [5.74, 6) is 2.30. The van der Waals surface area contributed by atoms with Gasteiger partial charge in [-0.3, -0.25) is 4.90 Å². The zero-order chi connectivity index (χ0) is 24.0. The van der Waals surface area contributed by atoms with Gasteiger partial charge in [-0.25, -0.2) is 8.42 Å². The first-order chi connectivity index (χ1) is 15.7. The van der Waals surface area contributed by atoms with E-state index in [1.165, 1.54) is 7.11 Å². The molecule has 2 atom stereocenters. The van der Waals surface area contributed by atoms with Crippen LogP contribution in [-0.4, -0.2) is 76.6 Å². The fourth-order valence-corrected chi connectivity index (χ4v) is 5.80. The number of nitrogens with zero attached hydrogens (tertiary/aromatic N) is 1. The van der Waals surface area contributed by atoms with E-state index in [1.54, 1.807) is 38.5 Å². The highest BCUT2D eigenvalue weighted by atomic mass is 35.5. The van der Waals surface area contributed by atoms with Crippen LogP contribution in [0.25, 0.3) is 0 Å². The molecule has 10 heteroatoms. The zero-order valence-corrected chi connectivity index (χ0v) is 20.6. The smallest absolute Gasteiger partial charge is 0.203 e. The molecule has 2 unspecified atom stereocenters. The molecule has 0 amide bonds. The lowest BCUT2D eigenvalue weighted by molar-refractivity contribution is 0.0524. The summed E-state index contributed by atoms with van der Waals surface area (Å²) in [7, 11) is 1.52. The summed E-state index contributed by atoms with van der Waals surface area (Å²) < 4.78 is 46.2. The van der Waals surface area contributed by atoms with Crippen molar-refractivity contribution in [1.29, 1.82) is 0 Å². The van der Waals surface area contributed by atoms with Gasteiger partial charge in [0.2, 0.25) is 5.75 Å². The standard InChI is InChI=1S/C23H30ClNO7S/c1-29-21-10-16(11-22(30-2)23(21)31-3)12-25(18-8-9-33(27,28)15-18)13-19(26)14-32-20-6-4-17(24)5-7-20/h4-7,10-11,18-19,26H,8-9,12-15H2,1-3H3. The lowest BCUT2D eigenvalue weighted by Gasteiger charge is -2.30. The predicted molar refractivity (Wildman–Crippen MR) is 127 cm³/mol. The number of aliphatic hydroxyl groups excluding tert-OH is 1. The minimum atomic E-state index is -3.10. The van der Waals surface area contributed by atoms with Gasteiger partial charge in [-0.15, -0.1) is 0 Å². The molecule has 1 aliphatic heterocycles. The van der Waals surface area contributed by atoms with Crippen LogP contribution in [0.1, 0.15) is 12.0 Å². The monoisotopic (exact) mass is 499 g/mol. The number of hydrogen-bond acceptors (Lipinski definition) is 8. The van der Waals surface area contributed by atoms with Crippen LogP contribution in [0, 0.1) is 0 Å². The van der Waals surface area contributed by atoms with Gasteiger partial charge < -0.3 is 24.1 Å². The third-order valence-electron chi connectivity index (χ3n) is 5.54. The molecule has 1 saturated heterocycles. The molecule has 33 heavy (non-hydrogen) atoms. The highest BCUT2D eigenvalue weighted by Gasteiger charge is 2.33. The van der Waals surface area contributed by atoms with Crippen LogP contribution in [0.15, 0.2) is 36.4 Å². The molecule has 3 rings (SSSR count). The van der Waals surface area contributed by atoms with Crippen molar-refractivity contribution in [2.75, 3.05) is 46.0 Å². The zero-order valence-electron chi connectivity index (χ0n) is 19.0. The third kappa shape index (κ3) is 6.89. The van der Waals surface area contributed by atoms with Gasteiger partial charge in [0.25, 0.3) is 0 Å². The maximum atomic E-state index is 12.1. The van der Waals surface area contributed by atoms with Crippen molar-refractivity contribution >= 4 is 21.4 Å². The van der Waals surface area contributed by atoms with Crippen molar-refractivity contribution in [3.63, 3.8) is 0 Å². The van der Waals surface area contributed by atoms with Crippen LogP contribution in [-0.2, 0) is 16.4 Å². The van der Waals surface area contributed by atoms with Crippen LogP contribution >= 0.6 is 11.6 Å². The maximum absolute atomic E-state index is 12.1. The van der Waals surface area contributed by atoms with E-state index in [-0.39, 0.29) is 30.7 Å². The Balaban J connectivity index is 1.76. The Hall–Kier alpha value is -2.20. The van der Waals surface area contributed by atoms with Crippen molar-refractivity contribution in [3.05, 3.63) is 47.0 Å². The number of benzene rings is 2. The molecule has 1 aliphatic rings. The SMILES string of the molecule is COc1cc(CN(CC(O)COc2ccc(Cl)cc2)C2CCS(=O)(=O)C2)cc(OC)c1OC. The van der Waals surface area contributed by atoms with E-state index in [2.05, 4.69) is 0 Å². The normalized spacial score (nSPS) is 18.2. The third-order valence-corrected chi connectivity index (χ3v) is 7.54. The Labute approximate surface area is 199 Å². The summed E-state index contributed by atoms with van der Waals surface area (Å²) in [5.41, 5.74) is 0.847. The lowest BCUT2D eigenvalue weighted by Crippen LogP contribution is -2.42. The molecular formula is C23H30ClNO7S. The summed E-state index contributed by atoms with van der Waals surface area (Å²) in [4.78, 5) is 1.97. The Morgan fingerprint density at radius 3 is 2.24 bits per heavy atom. The first kappa shape index (κ1) is 25.4. The molecular weight excluding hydrogens is 470 g/mol.